The van der Waals surface area contributed by atoms with Crippen molar-refractivity contribution < 1.29 is 14.3 Å². The van der Waals surface area contributed by atoms with Crippen LogP contribution in [0.5, 0.6) is 0 Å². The van der Waals surface area contributed by atoms with Crippen LogP contribution in [0.2, 0.25) is 0 Å². The molecule has 1 aliphatic rings. The predicted molar refractivity (Wildman–Crippen MR) is 112 cm³/mol. The fourth-order valence-electron chi connectivity index (χ4n) is 3.88. The average molecular weight is 396 g/mol. The van der Waals surface area contributed by atoms with Crippen LogP contribution < -0.4 is 0 Å². The summed E-state index contributed by atoms with van der Waals surface area (Å²) >= 11 is 0. The molecule has 6 nitrogen and oxygen atoms in total. The summed E-state index contributed by atoms with van der Waals surface area (Å²) in [5.74, 6) is -0.0369. The number of pyridine rings is 1. The van der Waals surface area contributed by atoms with Crippen LogP contribution in [0.4, 0.5) is 0 Å². The van der Waals surface area contributed by atoms with Crippen molar-refractivity contribution in [2.24, 2.45) is 0 Å². The van der Waals surface area contributed by atoms with Crippen molar-refractivity contribution in [1.82, 2.24) is 14.8 Å². The Kier molecular flexibility index (Phi) is 6.64. The Labute approximate surface area is 172 Å². The van der Waals surface area contributed by atoms with E-state index in [0.29, 0.717) is 26.0 Å². The molecule has 6 heteroatoms. The summed E-state index contributed by atoms with van der Waals surface area (Å²) < 4.78 is 6.14. The number of morpholine rings is 1. The van der Waals surface area contributed by atoms with Gasteiger partial charge in [-0.3, -0.25) is 14.6 Å². The van der Waals surface area contributed by atoms with Gasteiger partial charge in [0, 0.05) is 45.9 Å². The number of carbonyl (C=O) groups excluding carboxylic acids is 2. The summed E-state index contributed by atoms with van der Waals surface area (Å²) in [6, 6.07) is 11.9. The van der Waals surface area contributed by atoms with Crippen molar-refractivity contribution in [2.75, 3.05) is 33.8 Å². The molecule has 0 bridgehead atoms. The van der Waals surface area contributed by atoms with Crippen molar-refractivity contribution >= 4 is 11.8 Å². The highest BCUT2D eigenvalue weighted by atomic mass is 16.5. The number of ether oxygens (including phenoxy) is 1. The third-order valence-corrected chi connectivity index (χ3v) is 5.28. The second-order valence-corrected chi connectivity index (χ2v) is 7.68. The molecule has 154 valence electrons. The molecule has 0 spiro atoms. The highest BCUT2D eigenvalue weighted by molar-refractivity contribution is 5.87. The third kappa shape index (κ3) is 4.65. The molecule has 0 aliphatic carbocycles. The molecule has 1 aliphatic heterocycles. The molecule has 1 aromatic heterocycles. The van der Waals surface area contributed by atoms with E-state index in [1.54, 1.807) is 36.3 Å². The Bertz CT molecular complexity index is 853. The minimum Gasteiger partial charge on any atom is -0.361 e. The molecule has 0 radical (unpaired) electrons. The number of hydrogen-bond acceptors (Lipinski definition) is 4. The van der Waals surface area contributed by atoms with E-state index < -0.39 is 5.60 Å². The average Bonchev–Trinajstić information content (AvgIpc) is 2.74. The fraction of sp³-hybridized carbons (Fsp3) is 0.435. The zero-order valence-corrected chi connectivity index (χ0v) is 17.4. The van der Waals surface area contributed by atoms with Gasteiger partial charge in [0.05, 0.1) is 13.2 Å². The van der Waals surface area contributed by atoms with Gasteiger partial charge in [0.2, 0.25) is 5.91 Å². The van der Waals surface area contributed by atoms with E-state index >= 15 is 0 Å². The Hall–Kier alpha value is -2.73. The number of rotatable bonds is 6. The first-order valence-electron chi connectivity index (χ1n) is 10.1. The van der Waals surface area contributed by atoms with Crippen molar-refractivity contribution in [2.45, 2.75) is 31.8 Å². The number of hydrogen-bond donors (Lipinski definition) is 0. The number of aromatic nitrogens is 1. The predicted octanol–water partition coefficient (Wildman–Crippen LogP) is 2.78. The van der Waals surface area contributed by atoms with Crippen LogP contribution in [0.25, 0.3) is 11.1 Å². The van der Waals surface area contributed by atoms with Crippen LogP contribution in [-0.4, -0.2) is 66.0 Å². The first kappa shape index (κ1) is 21.0. The van der Waals surface area contributed by atoms with Crippen LogP contribution in [0, 0.1) is 0 Å². The lowest BCUT2D eigenvalue weighted by Crippen LogP contribution is -2.61. The second kappa shape index (κ2) is 9.18. The van der Waals surface area contributed by atoms with E-state index in [2.05, 4.69) is 4.98 Å². The first-order valence-corrected chi connectivity index (χ1v) is 10.1. The van der Waals surface area contributed by atoms with Gasteiger partial charge < -0.3 is 14.5 Å². The van der Waals surface area contributed by atoms with Crippen molar-refractivity contribution in [1.29, 1.82) is 0 Å². The van der Waals surface area contributed by atoms with Gasteiger partial charge in [0.25, 0.3) is 5.91 Å². The Balaban J connectivity index is 1.98. The monoisotopic (exact) mass is 395 g/mol. The number of benzene rings is 1. The molecule has 2 aromatic rings. The van der Waals surface area contributed by atoms with Gasteiger partial charge >= 0.3 is 0 Å². The minimum atomic E-state index is -1.09. The smallest absolute Gasteiger partial charge is 0.256 e. The van der Waals surface area contributed by atoms with Crippen molar-refractivity contribution in [3.63, 3.8) is 0 Å². The molecular formula is C23H29N3O3. The van der Waals surface area contributed by atoms with Crippen LogP contribution in [-0.2, 0) is 20.7 Å². The summed E-state index contributed by atoms with van der Waals surface area (Å²) in [5.41, 5.74) is 2.01. The molecule has 1 fully saturated rings. The van der Waals surface area contributed by atoms with Crippen LogP contribution in [0.3, 0.4) is 0 Å². The maximum atomic E-state index is 13.3. The van der Waals surface area contributed by atoms with Crippen LogP contribution in [0.1, 0.15) is 25.3 Å². The highest BCUT2D eigenvalue weighted by Crippen LogP contribution is 2.31. The number of likely N-dealkylation sites (N-methyl/N-ethyl adjacent to an activating group) is 1. The Morgan fingerprint density at radius 3 is 2.59 bits per heavy atom. The summed E-state index contributed by atoms with van der Waals surface area (Å²) in [5, 5.41) is 0. The van der Waals surface area contributed by atoms with Gasteiger partial charge in [0.1, 0.15) is 0 Å². The molecule has 1 aromatic carbocycles. The van der Waals surface area contributed by atoms with E-state index in [4.69, 9.17) is 4.74 Å². The summed E-state index contributed by atoms with van der Waals surface area (Å²) in [7, 11) is 3.46. The zero-order valence-electron chi connectivity index (χ0n) is 17.4. The maximum Gasteiger partial charge on any atom is 0.256 e. The van der Waals surface area contributed by atoms with E-state index in [1.807, 2.05) is 43.3 Å². The Morgan fingerprint density at radius 1 is 1.17 bits per heavy atom. The largest absolute Gasteiger partial charge is 0.361 e. The van der Waals surface area contributed by atoms with E-state index in [-0.39, 0.29) is 18.4 Å². The van der Waals surface area contributed by atoms with Crippen molar-refractivity contribution in [3.05, 3.63) is 54.4 Å². The molecule has 2 heterocycles. The molecule has 0 N–H and O–H groups in total. The number of nitrogens with zero attached hydrogens (tertiary/aromatic N) is 3. The normalized spacial score (nSPS) is 19.1. The quantitative estimate of drug-likeness (QED) is 0.755. The number of amides is 2. The van der Waals surface area contributed by atoms with Gasteiger partial charge in [-0.05, 0) is 35.2 Å². The van der Waals surface area contributed by atoms with Crippen LogP contribution >= 0.6 is 0 Å². The lowest BCUT2D eigenvalue weighted by Gasteiger charge is -2.43. The standard InChI is InChI=1S/C23H29N3O3/c1-4-7-21(27)26-14-15-29-23(17-26,22(28)25(2)3)16-19-8-5-6-9-20(19)18-10-12-24-13-11-18/h5-6,8-13H,4,7,14-17H2,1-3H3/t23-/m0/s1. The molecule has 0 saturated carbocycles. The topological polar surface area (TPSA) is 62.7 Å². The first-order chi connectivity index (χ1) is 14.0. The molecule has 1 saturated heterocycles. The van der Waals surface area contributed by atoms with Gasteiger partial charge in [-0.25, -0.2) is 0 Å². The third-order valence-electron chi connectivity index (χ3n) is 5.28. The minimum absolute atomic E-state index is 0.0779. The lowest BCUT2D eigenvalue weighted by molar-refractivity contribution is -0.172. The summed E-state index contributed by atoms with van der Waals surface area (Å²) in [6.07, 6.45) is 5.19. The molecule has 3 rings (SSSR count). The summed E-state index contributed by atoms with van der Waals surface area (Å²) in [6.45, 7) is 3.13. The van der Waals surface area contributed by atoms with E-state index in [1.165, 1.54) is 0 Å². The van der Waals surface area contributed by atoms with Gasteiger partial charge in [-0.15, -0.1) is 0 Å². The van der Waals surface area contributed by atoms with Gasteiger partial charge in [-0.2, -0.15) is 0 Å². The molecule has 0 unspecified atom stereocenters. The SMILES string of the molecule is CCCC(=O)N1CCO[C@](Cc2ccccc2-c2ccncc2)(C(=O)N(C)C)C1. The van der Waals surface area contributed by atoms with Crippen molar-refractivity contribution in [3.8, 4) is 11.1 Å². The van der Waals surface area contributed by atoms with Gasteiger partial charge in [0.15, 0.2) is 5.60 Å². The zero-order chi connectivity index (χ0) is 20.9. The van der Waals surface area contributed by atoms with E-state index in [0.717, 1.165) is 23.1 Å². The molecule has 29 heavy (non-hydrogen) atoms. The fourth-order valence-corrected chi connectivity index (χ4v) is 3.88. The van der Waals surface area contributed by atoms with E-state index in [9.17, 15) is 9.59 Å². The molecule has 1 atom stereocenters. The number of carbonyl (C=O) groups is 2. The highest BCUT2D eigenvalue weighted by Gasteiger charge is 2.46. The Morgan fingerprint density at radius 2 is 1.90 bits per heavy atom. The second-order valence-electron chi connectivity index (χ2n) is 7.68. The molecule has 2 amide bonds. The lowest BCUT2D eigenvalue weighted by atomic mass is 9.87. The molecular weight excluding hydrogens is 366 g/mol. The van der Waals surface area contributed by atoms with Gasteiger partial charge in [-0.1, -0.05) is 31.2 Å². The summed E-state index contributed by atoms with van der Waals surface area (Å²) in [4.78, 5) is 33.2. The van der Waals surface area contributed by atoms with Crippen LogP contribution in [0.15, 0.2) is 48.8 Å². The maximum absolute atomic E-state index is 13.3.